The SMILES string of the molecule is Cc1ccc(-n2[nH]c(C)c(C=Nc3ccc(S(N)(=O)=O)cc3)c2=O)cc1C. The molecule has 0 saturated heterocycles. The van der Waals surface area contributed by atoms with Crippen molar-refractivity contribution in [1.29, 1.82) is 0 Å². The van der Waals surface area contributed by atoms with Crippen LogP contribution in [0.4, 0.5) is 5.69 Å². The van der Waals surface area contributed by atoms with Crippen LogP contribution in [0.25, 0.3) is 5.69 Å². The number of rotatable bonds is 4. The fourth-order valence-corrected chi connectivity index (χ4v) is 3.13. The minimum atomic E-state index is -3.74. The first kappa shape index (κ1) is 18.8. The van der Waals surface area contributed by atoms with Gasteiger partial charge in [-0.2, -0.15) is 0 Å². The Balaban J connectivity index is 1.94. The van der Waals surface area contributed by atoms with E-state index < -0.39 is 10.0 Å². The number of sulfonamides is 1. The Bertz CT molecular complexity index is 1190. The van der Waals surface area contributed by atoms with E-state index in [9.17, 15) is 13.2 Å². The van der Waals surface area contributed by atoms with Gasteiger partial charge in [0, 0.05) is 11.9 Å². The van der Waals surface area contributed by atoms with Crippen LogP contribution in [0.2, 0.25) is 0 Å². The number of nitrogens with zero attached hydrogens (tertiary/aromatic N) is 2. The molecule has 0 fully saturated rings. The summed E-state index contributed by atoms with van der Waals surface area (Å²) in [5.41, 5.74) is 4.42. The number of nitrogens with one attached hydrogen (secondary N) is 1. The molecule has 0 aliphatic carbocycles. The Labute approximate surface area is 157 Å². The Kier molecular flexibility index (Phi) is 4.86. The number of aliphatic imine (C=N–C) groups is 1. The van der Waals surface area contributed by atoms with Crippen molar-refractivity contribution in [3.05, 3.63) is 75.2 Å². The van der Waals surface area contributed by atoms with Crippen LogP contribution in [0.15, 0.2) is 57.1 Å². The van der Waals surface area contributed by atoms with E-state index in [1.165, 1.54) is 35.2 Å². The number of aromatic amines is 1. The van der Waals surface area contributed by atoms with Crippen LogP contribution in [-0.4, -0.2) is 24.4 Å². The van der Waals surface area contributed by atoms with Crippen LogP contribution < -0.4 is 10.7 Å². The molecule has 8 heteroatoms. The zero-order chi connectivity index (χ0) is 19.8. The highest BCUT2D eigenvalue weighted by atomic mass is 32.2. The number of benzene rings is 2. The smallest absolute Gasteiger partial charge is 0.280 e. The molecule has 0 amide bonds. The van der Waals surface area contributed by atoms with Gasteiger partial charge < -0.3 is 0 Å². The summed E-state index contributed by atoms with van der Waals surface area (Å²) in [6, 6.07) is 11.6. The summed E-state index contributed by atoms with van der Waals surface area (Å²) in [5.74, 6) is 0. The summed E-state index contributed by atoms with van der Waals surface area (Å²) in [4.78, 5) is 17.0. The molecule has 0 aliphatic heterocycles. The van der Waals surface area contributed by atoms with E-state index in [1.54, 1.807) is 6.92 Å². The molecule has 0 aliphatic rings. The Morgan fingerprint density at radius 1 is 1.04 bits per heavy atom. The number of aryl methyl sites for hydroxylation is 3. The summed E-state index contributed by atoms with van der Waals surface area (Å²) < 4.78 is 24.1. The molecule has 7 nitrogen and oxygen atoms in total. The molecule has 3 rings (SSSR count). The average molecular weight is 384 g/mol. The minimum absolute atomic E-state index is 0.0105. The van der Waals surface area contributed by atoms with Gasteiger partial charge in [-0.15, -0.1) is 0 Å². The first-order valence-corrected chi connectivity index (χ1v) is 9.77. The Morgan fingerprint density at radius 2 is 1.70 bits per heavy atom. The van der Waals surface area contributed by atoms with Crippen LogP contribution in [0.1, 0.15) is 22.4 Å². The van der Waals surface area contributed by atoms with Crippen molar-refractivity contribution in [2.24, 2.45) is 10.1 Å². The van der Waals surface area contributed by atoms with E-state index in [-0.39, 0.29) is 10.5 Å². The molecular weight excluding hydrogens is 364 g/mol. The highest BCUT2D eigenvalue weighted by Crippen LogP contribution is 2.16. The van der Waals surface area contributed by atoms with Crippen LogP contribution in [0, 0.1) is 20.8 Å². The fourth-order valence-electron chi connectivity index (χ4n) is 2.62. The van der Waals surface area contributed by atoms with Crippen LogP contribution in [0.3, 0.4) is 0 Å². The summed E-state index contributed by atoms with van der Waals surface area (Å²) in [5, 5.41) is 8.13. The second-order valence-corrected chi connectivity index (χ2v) is 7.92. The molecule has 0 unspecified atom stereocenters. The third-order valence-electron chi connectivity index (χ3n) is 4.37. The fraction of sp³-hybridized carbons (Fsp3) is 0.158. The van der Waals surface area contributed by atoms with E-state index in [1.807, 2.05) is 32.0 Å². The average Bonchev–Trinajstić information content (AvgIpc) is 2.89. The molecule has 0 atom stereocenters. The molecule has 0 saturated carbocycles. The standard InChI is InChI=1S/C19H20N4O3S/c1-12-4-7-16(10-13(12)2)23-19(24)18(14(3)22-23)11-21-15-5-8-17(9-6-15)27(20,25)26/h4-11,22H,1-3H3,(H2,20,25,26). The number of hydrogen-bond acceptors (Lipinski definition) is 4. The second kappa shape index (κ2) is 6.98. The number of nitrogens with two attached hydrogens (primary N) is 1. The highest BCUT2D eigenvalue weighted by Gasteiger charge is 2.11. The van der Waals surface area contributed by atoms with Gasteiger partial charge in [0.25, 0.3) is 5.56 Å². The van der Waals surface area contributed by atoms with Gasteiger partial charge >= 0.3 is 0 Å². The van der Waals surface area contributed by atoms with Crippen molar-refractivity contribution in [2.75, 3.05) is 0 Å². The number of aromatic nitrogens is 2. The molecule has 0 radical (unpaired) electrons. The topological polar surface area (TPSA) is 110 Å². The van der Waals surface area contributed by atoms with Crippen LogP contribution in [0.5, 0.6) is 0 Å². The molecule has 2 aromatic carbocycles. The van der Waals surface area contributed by atoms with Gasteiger partial charge in [-0.05, 0) is 68.3 Å². The largest absolute Gasteiger partial charge is 0.295 e. The molecule has 27 heavy (non-hydrogen) atoms. The maximum absolute atomic E-state index is 12.7. The Hall–Kier alpha value is -2.97. The third-order valence-corrected chi connectivity index (χ3v) is 5.30. The highest BCUT2D eigenvalue weighted by molar-refractivity contribution is 7.89. The normalized spacial score (nSPS) is 12.0. The summed E-state index contributed by atoms with van der Waals surface area (Å²) in [7, 11) is -3.74. The number of primary sulfonamides is 1. The van der Waals surface area contributed by atoms with Gasteiger partial charge in [0.15, 0.2) is 0 Å². The first-order chi connectivity index (χ1) is 12.7. The van der Waals surface area contributed by atoms with E-state index in [2.05, 4.69) is 10.1 Å². The lowest BCUT2D eigenvalue weighted by Gasteiger charge is -2.05. The van der Waals surface area contributed by atoms with Gasteiger partial charge in [-0.25, -0.2) is 18.2 Å². The van der Waals surface area contributed by atoms with Gasteiger partial charge in [0.05, 0.1) is 21.8 Å². The summed E-state index contributed by atoms with van der Waals surface area (Å²) in [6.07, 6.45) is 1.47. The first-order valence-electron chi connectivity index (χ1n) is 8.23. The van der Waals surface area contributed by atoms with Crippen molar-refractivity contribution in [3.8, 4) is 5.69 Å². The maximum atomic E-state index is 12.7. The lowest BCUT2D eigenvalue weighted by molar-refractivity contribution is 0.598. The number of hydrogen-bond donors (Lipinski definition) is 2. The predicted molar refractivity (Wildman–Crippen MR) is 106 cm³/mol. The second-order valence-electron chi connectivity index (χ2n) is 6.36. The lowest BCUT2D eigenvalue weighted by atomic mass is 10.1. The van der Waals surface area contributed by atoms with Gasteiger partial charge in [0.2, 0.25) is 10.0 Å². The van der Waals surface area contributed by atoms with Crippen molar-refractivity contribution in [2.45, 2.75) is 25.7 Å². The molecule has 0 bridgehead atoms. The summed E-state index contributed by atoms with van der Waals surface area (Å²) >= 11 is 0. The van der Waals surface area contributed by atoms with Gasteiger partial charge in [0.1, 0.15) is 0 Å². The van der Waals surface area contributed by atoms with Crippen molar-refractivity contribution in [1.82, 2.24) is 9.78 Å². The summed E-state index contributed by atoms with van der Waals surface area (Å²) in [6.45, 7) is 5.80. The monoisotopic (exact) mass is 384 g/mol. The molecule has 140 valence electrons. The zero-order valence-corrected chi connectivity index (χ0v) is 16.0. The maximum Gasteiger partial charge on any atom is 0.280 e. The molecule has 3 N–H and O–H groups in total. The van der Waals surface area contributed by atoms with E-state index in [0.29, 0.717) is 16.9 Å². The van der Waals surface area contributed by atoms with Crippen LogP contribution >= 0.6 is 0 Å². The Morgan fingerprint density at radius 3 is 2.30 bits per heavy atom. The number of H-pyrrole nitrogens is 1. The van der Waals surface area contributed by atoms with Crippen molar-refractivity contribution < 1.29 is 8.42 Å². The van der Waals surface area contributed by atoms with Crippen molar-refractivity contribution >= 4 is 21.9 Å². The molecule has 1 aromatic heterocycles. The molecule has 0 spiro atoms. The third kappa shape index (κ3) is 3.91. The van der Waals surface area contributed by atoms with Crippen LogP contribution in [-0.2, 0) is 10.0 Å². The molecule has 1 heterocycles. The van der Waals surface area contributed by atoms with E-state index in [0.717, 1.165) is 16.8 Å². The predicted octanol–water partition coefficient (Wildman–Crippen LogP) is 2.49. The van der Waals surface area contributed by atoms with Crippen molar-refractivity contribution in [3.63, 3.8) is 0 Å². The van der Waals surface area contributed by atoms with E-state index in [4.69, 9.17) is 5.14 Å². The molecule has 3 aromatic rings. The van der Waals surface area contributed by atoms with E-state index >= 15 is 0 Å². The zero-order valence-electron chi connectivity index (χ0n) is 15.2. The minimum Gasteiger partial charge on any atom is -0.295 e. The lowest BCUT2D eigenvalue weighted by Crippen LogP contribution is -2.17. The van der Waals surface area contributed by atoms with Gasteiger partial charge in [-0.3, -0.25) is 14.9 Å². The molecular formula is C19H20N4O3S. The quantitative estimate of drug-likeness (QED) is 0.674. The van der Waals surface area contributed by atoms with Gasteiger partial charge in [-0.1, -0.05) is 6.07 Å².